The molecule has 1 heterocycles. The lowest BCUT2D eigenvalue weighted by Crippen LogP contribution is -2.48. The Kier molecular flexibility index (Phi) is 4.11. The lowest BCUT2D eigenvalue weighted by molar-refractivity contribution is 0.0838. The Hall–Kier alpha value is -1.13. The molecule has 0 amide bonds. The van der Waals surface area contributed by atoms with Crippen molar-refractivity contribution < 1.29 is 9.50 Å². The van der Waals surface area contributed by atoms with Crippen molar-refractivity contribution in [2.24, 2.45) is 5.41 Å². The monoisotopic (exact) mass is 266 g/mol. The summed E-state index contributed by atoms with van der Waals surface area (Å²) in [5, 5.41) is 13.4. The first-order valence-electron chi connectivity index (χ1n) is 6.83. The van der Waals surface area contributed by atoms with Crippen molar-refractivity contribution >= 4 is 0 Å². The fourth-order valence-corrected chi connectivity index (χ4v) is 2.90. The zero-order valence-corrected chi connectivity index (χ0v) is 11.9. The molecule has 2 N–H and O–H groups in total. The van der Waals surface area contributed by atoms with Crippen LogP contribution < -0.4 is 5.32 Å². The van der Waals surface area contributed by atoms with Crippen molar-refractivity contribution in [2.45, 2.75) is 26.8 Å². The van der Waals surface area contributed by atoms with Crippen LogP contribution in [0.3, 0.4) is 0 Å². The van der Waals surface area contributed by atoms with Crippen molar-refractivity contribution in [3.05, 3.63) is 29.6 Å². The molecule has 3 nitrogen and oxygen atoms in total. The molecule has 0 radical (unpaired) electrons. The van der Waals surface area contributed by atoms with Gasteiger partial charge < -0.3 is 10.4 Å². The fraction of sp³-hybridized carbons (Fsp3) is 0.600. The molecular formula is C15H23FN2O. The number of halogens is 1. The number of benzene rings is 1. The second-order valence-corrected chi connectivity index (χ2v) is 6.23. The van der Waals surface area contributed by atoms with Crippen LogP contribution in [-0.4, -0.2) is 36.2 Å². The molecule has 1 fully saturated rings. The van der Waals surface area contributed by atoms with Crippen LogP contribution in [0.1, 0.15) is 32.4 Å². The Labute approximate surface area is 114 Å². The number of nitrogens with zero attached hydrogens (tertiary/aromatic N) is 1. The molecule has 1 aromatic carbocycles. The predicted molar refractivity (Wildman–Crippen MR) is 74.7 cm³/mol. The molecule has 0 aliphatic carbocycles. The van der Waals surface area contributed by atoms with Gasteiger partial charge in [-0.15, -0.1) is 0 Å². The van der Waals surface area contributed by atoms with E-state index in [-0.39, 0.29) is 17.2 Å². The van der Waals surface area contributed by atoms with Gasteiger partial charge in [-0.25, -0.2) is 4.39 Å². The first-order valence-corrected chi connectivity index (χ1v) is 6.83. The average Bonchev–Trinajstić information content (AvgIpc) is 2.35. The number of hydrogen-bond donors (Lipinski definition) is 2. The lowest BCUT2D eigenvalue weighted by atomic mass is 9.80. The van der Waals surface area contributed by atoms with Gasteiger partial charge in [0.15, 0.2) is 11.6 Å². The smallest absolute Gasteiger partial charge is 0.165 e. The van der Waals surface area contributed by atoms with E-state index in [1.807, 2.05) is 6.07 Å². The maximum absolute atomic E-state index is 13.6. The molecule has 4 heteroatoms. The van der Waals surface area contributed by atoms with Crippen molar-refractivity contribution in [3.63, 3.8) is 0 Å². The standard InChI is InChI=1S/C15H23FN2O/c1-15(2,3)14(18-9-7-17-8-10-18)11-5-4-6-12(16)13(11)19/h4-6,14,17,19H,7-10H2,1-3H3/t14-/m0/s1. The van der Waals surface area contributed by atoms with E-state index in [4.69, 9.17) is 0 Å². The average molecular weight is 266 g/mol. The zero-order valence-electron chi connectivity index (χ0n) is 11.9. The highest BCUT2D eigenvalue weighted by Gasteiger charge is 2.34. The van der Waals surface area contributed by atoms with Crippen LogP contribution in [0.25, 0.3) is 0 Å². The van der Waals surface area contributed by atoms with E-state index in [2.05, 4.69) is 31.0 Å². The molecular weight excluding hydrogens is 243 g/mol. The van der Waals surface area contributed by atoms with Crippen LogP contribution in [0.5, 0.6) is 5.75 Å². The molecule has 0 bridgehead atoms. The summed E-state index contributed by atoms with van der Waals surface area (Å²) >= 11 is 0. The second-order valence-electron chi connectivity index (χ2n) is 6.23. The van der Waals surface area contributed by atoms with Crippen LogP contribution in [0.2, 0.25) is 0 Å². The molecule has 1 aliphatic heterocycles. The van der Waals surface area contributed by atoms with E-state index < -0.39 is 5.82 Å². The molecule has 0 unspecified atom stereocenters. The van der Waals surface area contributed by atoms with Gasteiger partial charge in [-0.3, -0.25) is 4.90 Å². The van der Waals surface area contributed by atoms with Gasteiger partial charge in [0.1, 0.15) is 0 Å². The number of phenolic OH excluding ortho intramolecular Hbond substituents is 1. The number of phenols is 1. The van der Waals surface area contributed by atoms with E-state index in [0.717, 1.165) is 26.2 Å². The van der Waals surface area contributed by atoms with Gasteiger partial charge in [0.25, 0.3) is 0 Å². The Morgan fingerprint density at radius 1 is 1.26 bits per heavy atom. The number of para-hydroxylation sites is 1. The Morgan fingerprint density at radius 2 is 1.89 bits per heavy atom. The SMILES string of the molecule is CC(C)(C)[C@H](c1cccc(F)c1O)N1CCNCC1. The molecule has 1 aromatic rings. The topological polar surface area (TPSA) is 35.5 Å². The van der Waals surface area contributed by atoms with Crippen LogP contribution in [0, 0.1) is 11.2 Å². The minimum absolute atomic E-state index is 0.0188. The lowest BCUT2D eigenvalue weighted by Gasteiger charge is -2.42. The molecule has 2 rings (SSSR count). The highest BCUT2D eigenvalue weighted by molar-refractivity contribution is 5.37. The summed E-state index contributed by atoms with van der Waals surface area (Å²) in [5.41, 5.74) is 0.622. The maximum atomic E-state index is 13.6. The number of aromatic hydroxyl groups is 1. The van der Waals surface area contributed by atoms with Gasteiger partial charge in [-0.05, 0) is 11.5 Å². The summed E-state index contributed by atoms with van der Waals surface area (Å²) in [6, 6.07) is 4.82. The first-order chi connectivity index (χ1) is 8.91. The van der Waals surface area contributed by atoms with Crippen molar-refractivity contribution in [1.29, 1.82) is 0 Å². The zero-order chi connectivity index (χ0) is 14.0. The number of rotatable bonds is 2. The molecule has 0 aromatic heterocycles. The van der Waals surface area contributed by atoms with Crippen molar-refractivity contribution in [1.82, 2.24) is 10.2 Å². The van der Waals surface area contributed by atoms with E-state index in [1.165, 1.54) is 6.07 Å². The van der Waals surface area contributed by atoms with Gasteiger partial charge >= 0.3 is 0 Å². The van der Waals surface area contributed by atoms with Crippen LogP contribution in [0.4, 0.5) is 4.39 Å². The third-order valence-corrected chi connectivity index (χ3v) is 3.65. The Bertz CT molecular complexity index is 436. The predicted octanol–water partition coefficient (Wildman–Crippen LogP) is 2.52. The largest absolute Gasteiger partial charge is 0.505 e. The minimum atomic E-state index is -0.540. The van der Waals surface area contributed by atoms with E-state index >= 15 is 0 Å². The molecule has 0 spiro atoms. The summed E-state index contributed by atoms with van der Waals surface area (Å²) < 4.78 is 13.6. The number of hydrogen-bond acceptors (Lipinski definition) is 3. The first kappa shape index (κ1) is 14.3. The molecule has 19 heavy (non-hydrogen) atoms. The summed E-state index contributed by atoms with van der Waals surface area (Å²) in [6.45, 7) is 10.1. The van der Waals surface area contributed by atoms with E-state index in [1.54, 1.807) is 6.07 Å². The summed E-state index contributed by atoms with van der Waals surface area (Å²) in [6.07, 6.45) is 0. The normalized spacial score (nSPS) is 19.4. The fourth-order valence-electron chi connectivity index (χ4n) is 2.90. The van der Waals surface area contributed by atoms with Crippen molar-refractivity contribution in [3.8, 4) is 5.75 Å². The minimum Gasteiger partial charge on any atom is -0.505 e. The van der Waals surface area contributed by atoms with Gasteiger partial charge in [-0.2, -0.15) is 0 Å². The summed E-state index contributed by atoms with van der Waals surface area (Å²) in [7, 11) is 0. The molecule has 1 aliphatic rings. The van der Waals surface area contributed by atoms with Crippen LogP contribution in [-0.2, 0) is 0 Å². The Balaban J connectivity index is 2.40. The maximum Gasteiger partial charge on any atom is 0.165 e. The number of piperazine rings is 1. The molecule has 1 saturated heterocycles. The van der Waals surface area contributed by atoms with Gasteiger partial charge in [0, 0.05) is 37.8 Å². The molecule has 1 atom stereocenters. The molecule has 0 saturated carbocycles. The van der Waals surface area contributed by atoms with Crippen LogP contribution in [0.15, 0.2) is 18.2 Å². The quantitative estimate of drug-likeness (QED) is 0.863. The molecule has 106 valence electrons. The second kappa shape index (κ2) is 5.47. The van der Waals surface area contributed by atoms with Crippen LogP contribution >= 0.6 is 0 Å². The highest BCUT2D eigenvalue weighted by Crippen LogP contribution is 2.42. The van der Waals surface area contributed by atoms with Crippen molar-refractivity contribution in [2.75, 3.05) is 26.2 Å². The van der Waals surface area contributed by atoms with E-state index in [9.17, 15) is 9.50 Å². The summed E-state index contributed by atoms with van der Waals surface area (Å²) in [4.78, 5) is 2.32. The van der Waals surface area contributed by atoms with Gasteiger partial charge in [0.05, 0.1) is 0 Å². The highest BCUT2D eigenvalue weighted by atomic mass is 19.1. The van der Waals surface area contributed by atoms with E-state index in [0.29, 0.717) is 5.56 Å². The van der Waals surface area contributed by atoms with Gasteiger partial charge in [0.2, 0.25) is 0 Å². The van der Waals surface area contributed by atoms with Gasteiger partial charge in [-0.1, -0.05) is 32.9 Å². The number of nitrogens with one attached hydrogen (secondary N) is 1. The third-order valence-electron chi connectivity index (χ3n) is 3.65. The summed E-state index contributed by atoms with van der Waals surface area (Å²) in [5.74, 6) is -0.747. The third kappa shape index (κ3) is 3.07. The Morgan fingerprint density at radius 3 is 2.47 bits per heavy atom.